The lowest BCUT2D eigenvalue weighted by molar-refractivity contribution is 1.22. The molecule has 3 N–H and O–H groups in total. The molecule has 68 valence electrons. The second-order valence-corrected chi connectivity index (χ2v) is 3.37. The highest BCUT2D eigenvalue weighted by atomic mass is 14.8. The van der Waals surface area contributed by atoms with Crippen molar-refractivity contribution in [1.82, 2.24) is 9.97 Å². The molecule has 0 aliphatic heterocycles. The molecule has 0 bridgehead atoms. The summed E-state index contributed by atoms with van der Waals surface area (Å²) in [7, 11) is 0. The Hall–Kier alpha value is -2.03. The number of anilines is 1. The van der Waals surface area contributed by atoms with E-state index in [2.05, 4.69) is 22.1 Å². The van der Waals surface area contributed by atoms with E-state index in [-0.39, 0.29) is 0 Å². The molecular formula is C11H9N3. The second kappa shape index (κ2) is 2.48. The number of H-pyrrole nitrogens is 1. The monoisotopic (exact) mass is 183 g/mol. The van der Waals surface area contributed by atoms with E-state index in [9.17, 15) is 0 Å². The predicted octanol–water partition coefficient (Wildman–Crippen LogP) is 2.30. The number of nitrogens with one attached hydrogen (secondary N) is 1. The molecule has 0 amide bonds. The van der Waals surface area contributed by atoms with Crippen LogP contribution in [0.15, 0.2) is 36.8 Å². The summed E-state index contributed by atoms with van der Waals surface area (Å²) in [5.74, 6) is 0. The summed E-state index contributed by atoms with van der Waals surface area (Å²) in [6, 6.07) is 8.10. The quantitative estimate of drug-likeness (QED) is 0.561. The number of hydrogen-bond acceptors (Lipinski definition) is 2. The van der Waals surface area contributed by atoms with E-state index in [0.717, 1.165) is 27.4 Å². The average molecular weight is 183 g/mol. The zero-order valence-electron chi connectivity index (χ0n) is 7.49. The molecule has 0 unspecified atom stereocenters. The fraction of sp³-hybridized carbons (Fsp3) is 0. The van der Waals surface area contributed by atoms with Gasteiger partial charge in [-0.1, -0.05) is 6.07 Å². The first-order chi connectivity index (χ1) is 6.84. The molecule has 0 aliphatic carbocycles. The van der Waals surface area contributed by atoms with E-state index in [4.69, 9.17) is 5.73 Å². The SMILES string of the molecule is Nc1ccc2cc3[nH]cncc3cc12. The molecule has 14 heavy (non-hydrogen) atoms. The topological polar surface area (TPSA) is 54.7 Å². The van der Waals surface area contributed by atoms with Crippen molar-refractivity contribution in [2.75, 3.05) is 5.73 Å². The Morgan fingerprint density at radius 3 is 3.00 bits per heavy atom. The predicted molar refractivity (Wildman–Crippen MR) is 58.0 cm³/mol. The Kier molecular flexibility index (Phi) is 1.31. The van der Waals surface area contributed by atoms with Gasteiger partial charge in [0, 0.05) is 28.2 Å². The van der Waals surface area contributed by atoms with Gasteiger partial charge in [0.15, 0.2) is 0 Å². The van der Waals surface area contributed by atoms with Crippen LogP contribution in [0.4, 0.5) is 5.69 Å². The number of nitrogens with two attached hydrogens (primary N) is 1. The lowest BCUT2D eigenvalue weighted by atomic mass is 10.1. The van der Waals surface area contributed by atoms with Crippen LogP contribution >= 0.6 is 0 Å². The van der Waals surface area contributed by atoms with Crippen LogP contribution in [0.3, 0.4) is 0 Å². The Morgan fingerprint density at radius 2 is 2.07 bits per heavy atom. The van der Waals surface area contributed by atoms with E-state index in [1.54, 1.807) is 6.33 Å². The van der Waals surface area contributed by atoms with E-state index in [1.165, 1.54) is 0 Å². The zero-order valence-corrected chi connectivity index (χ0v) is 7.49. The van der Waals surface area contributed by atoms with Gasteiger partial charge in [-0.25, -0.2) is 4.98 Å². The Labute approximate surface area is 80.6 Å². The number of rotatable bonds is 0. The summed E-state index contributed by atoms with van der Waals surface area (Å²) in [5, 5.41) is 3.34. The molecule has 1 aromatic heterocycles. The fourth-order valence-corrected chi connectivity index (χ4v) is 1.75. The van der Waals surface area contributed by atoms with Crippen molar-refractivity contribution in [2.45, 2.75) is 0 Å². The van der Waals surface area contributed by atoms with E-state index in [1.807, 2.05) is 18.3 Å². The maximum absolute atomic E-state index is 5.84. The molecule has 3 heteroatoms. The van der Waals surface area contributed by atoms with Gasteiger partial charge in [-0.05, 0) is 23.6 Å². The van der Waals surface area contributed by atoms with Gasteiger partial charge in [0.1, 0.15) is 0 Å². The van der Waals surface area contributed by atoms with Crippen molar-refractivity contribution < 1.29 is 0 Å². The third-order valence-corrected chi connectivity index (χ3v) is 2.48. The van der Waals surface area contributed by atoms with Crippen LogP contribution in [-0.4, -0.2) is 9.97 Å². The summed E-state index contributed by atoms with van der Waals surface area (Å²) >= 11 is 0. The van der Waals surface area contributed by atoms with E-state index >= 15 is 0 Å². The van der Waals surface area contributed by atoms with Crippen molar-refractivity contribution in [2.24, 2.45) is 0 Å². The molecule has 0 radical (unpaired) electrons. The van der Waals surface area contributed by atoms with Gasteiger partial charge in [-0.3, -0.25) is 0 Å². The highest BCUT2D eigenvalue weighted by Crippen LogP contribution is 2.26. The van der Waals surface area contributed by atoms with Crippen LogP contribution < -0.4 is 5.73 Å². The third-order valence-electron chi connectivity index (χ3n) is 2.48. The van der Waals surface area contributed by atoms with Crippen LogP contribution in [0.5, 0.6) is 0 Å². The Morgan fingerprint density at radius 1 is 1.14 bits per heavy atom. The molecule has 3 aromatic rings. The number of aromatic nitrogens is 2. The van der Waals surface area contributed by atoms with Crippen molar-refractivity contribution in [3.8, 4) is 0 Å². The second-order valence-electron chi connectivity index (χ2n) is 3.37. The zero-order chi connectivity index (χ0) is 9.54. The van der Waals surface area contributed by atoms with Crippen molar-refractivity contribution >= 4 is 27.4 Å². The third kappa shape index (κ3) is 0.893. The largest absolute Gasteiger partial charge is 0.398 e. The van der Waals surface area contributed by atoms with E-state index in [0.29, 0.717) is 0 Å². The van der Waals surface area contributed by atoms with Gasteiger partial charge in [-0.2, -0.15) is 0 Å². The maximum Gasteiger partial charge on any atom is 0.0923 e. The molecule has 1 heterocycles. The number of nitrogen functional groups attached to an aromatic ring is 1. The minimum absolute atomic E-state index is 0.825. The molecule has 2 aromatic carbocycles. The molecule has 3 rings (SSSR count). The van der Waals surface area contributed by atoms with Crippen LogP contribution in [0, 0.1) is 0 Å². The number of nitrogens with zero attached hydrogens (tertiary/aromatic N) is 1. The van der Waals surface area contributed by atoms with Crippen LogP contribution in [0.1, 0.15) is 0 Å². The summed E-state index contributed by atoms with van der Waals surface area (Å²) < 4.78 is 0. The fourth-order valence-electron chi connectivity index (χ4n) is 1.75. The first-order valence-electron chi connectivity index (χ1n) is 4.45. The number of fused-ring (bicyclic) bond motifs is 2. The Bertz CT molecular complexity index is 610. The lowest BCUT2D eigenvalue weighted by Crippen LogP contribution is -1.83. The molecule has 0 spiro atoms. The van der Waals surface area contributed by atoms with Crippen LogP contribution in [-0.2, 0) is 0 Å². The number of aromatic amines is 1. The summed E-state index contributed by atoms with van der Waals surface area (Å²) in [5.41, 5.74) is 7.74. The van der Waals surface area contributed by atoms with Crippen LogP contribution in [0.2, 0.25) is 0 Å². The highest BCUT2D eigenvalue weighted by molar-refractivity contribution is 6.03. The van der Waals surface area contributed by atoms with Gasteiger partial charge in [0.25, 0.3) is 0 Å². The molecule has 0 atom stereocenters. The molecule has 0 saturated carbocycles. The maximum atomic E-state index is 5.84. The summed E-state index contributed by atoms with van der Waals surface area (Å²) in [4.78, 5) is 7.14. The van der Waals surface area contributed by atoms with Gasteiger partial charge in [0.2, 0.25) is 0 Å². The molecule has 3 nitrogen and oxygen atoms in total. The summed E-state index contributed by atoms with van der Waals surface area (Å²) in [6.45, 7) is 0. The average Bonchev–Trinajstić information content (AvgIpc) is 2.57. The molecule has 0 fully saturated rings. The highest BCUT2D eigenvalue weighted by Gasteiger charge is 2.01. The van der Waals surface area contributed by atoms with Crippen molar-refractivity contribution in [3.63, 3.8) is 0 Å². The standard InChI is InChI=1S/C11H9N3/c12-10-2-1-7-4-11-8(3-9(7)10)5-13-6-14-11/h1-6H,12H2,(H,13,14). The Balaban J connectivity index is 2.54. The van der Waals surface area contributed by atoms with Crippen molar-refractivity contribution in [3.05, 3.63) is 36.8 Å². The minimum atomic E-state index is 0.825. The molecular weight excluding hydrogens is 174 g/mol. The van der Waals surface area contributed by atoms with E-state index < -0.39 is 0 Å². The van der Waals surface area contributed by atoms with Gasteiger partial charge in [-0.15, -0.1) is 0 Å². The number of hydrogen-bond donors (Lipinski definition) is 2. The lowest BCUT2D eigenvalue weighted by Gasteiger charge is -1.98. The van der Waals surface area contributed by atoms with Crippen molar-refractivity contribution in [1.29, 1.82) is 0 Å². The minimum Gasteiger partial charge on any atom is -0.398 e. The van der Waals surface area contributed by atoms with Gasteiger partial charge >= 0.3 is 0 Å². The normalized spacial score (nSPS) is 11.1. The van der Waals surface area contributed by atoms with Gasteiger partial charge in [0.05, 0.1) is 6.33 Å². The van der Waals surface area contributed by atoms with Gasteiger partial charge < -0.3 is 10.7 Å². The smallest absolute Gasteiger partial charge is 0.0923 e. The molecule has 0 aliphatic rings. The number of benzene rings is 1. The van der Waals surface area contributed by atoms with Crippen LogP contribution in [0.25, 0.3) is 21.7 Å². The first kappa shape index (κ1) is 7.38. The molecule has 0 saturated heterocycles. The summed E-state index contributed by atoms with van der Waals surface area (Å²) in [6.07, 6.45) is 3.51. The first-order valence-corrected chi connectivity index (χ1v) is 4.45.